The fourth-order valence-corrected chi connectivity index (χ4v) is 4.42. The highest BCUT2D eigenvalue weighted by Gasteiger charge is 2.23. The maximum absolute atomic E-state index is 13.1. The van der Waals surface area contributed by atoms with Gasteiger partial charge in [0, 0.05) is 16.1 Å². The summed E-state index contributed by atoms with van der Waals surface area (Å²) in [5.74, 6) is 0.360. The summed E-state index contributed by atoms with van der Waals surface area (Å²) >= 11 is 5.88. The Kier molecular flexibility index (Phi) is 4.21. The second kappa shape index (κ2) is 6.02. The minimum Gasteiger partial charge on any atom is -0.238 e. The molecule has 0 saturated carbocycles. The van der Waals surface area contributed by atoms with Gasteiger partial charge in [-0.1, -0.05) is 43.6 Å². The molecule has 0 fully saturated rings. The van der Waals surface area contributed by atoms with Crippen LogP contribution in [0.15, 0.2) is 59.5 Å². The second-order valence-electron chi connectivity index (χ2n) is 6.02. The van der Waals surface area contributed by atoms with E-state index >= 15 is 0 Å². The van der Waals surface area contributed by atoms with Crippen LogP contribution in [0.2, 0.25) is 5.02 Å². The van der Waals surface area contributed by atoms with Gasteiger partial charge >= 0.3 is 0 Å². The van der Waals surface area contributed by atoms with Crippen molar-refractivity contribution in [2.24, 2.45) is 5.92 Å². The van der Waals surface area contributed by atoms with Crippen molar-refractivity contribution in [2.45, 2.75) is 25.2 Å². The molecule has 0 aliphatic carbocycles. The van der Waals surface area contributed by atoms with E-state index in [-0.39, 0.29) is 4.90 Å². The highest BCUT2D eigenvalue weighted by atomic mass is 35.5. The first-order valence-electron chi connectivity index (χ1n) is 7.50. The number of para-hydroxylation sites is 1. The van der Waals surface area contributed by atoms with Crippen molar-refractivity contribution in [3.8, 4) is 0 Å². The van der Waals surface area contributed by atoms with Gasteiger partial charge in [-0.3, -0.25) is 0 Å². The first-order chi connectivity index (χ1) is 10.9. The maximum atomic E-state index is 13.1. The number of rotatable bonds is 4. The van der Waals surface area contributed by atoms with Gasteiger partial charge in [0.15, 0.2) is 0 Å². The van der Waals surface area contributed by atoms with Crippen LogP contribution >= 0.6 is 11.6 Å². The largest absolute Gasteiger partial charge is 0.268 e. The predicted octanol–water partition coefficient (Wildman–Crippen LogP) is 4.73. The fraction of sp³-hybridized carbons (Fsp3) is 0.222. The van der Waals surface area contributed by atoms with Gasteiger partial charge in [-0.05, 0) is 48.7 Å². The van der Waals surface area contributed by atoms with Gasteiger partial charge < -0.3 is 0 Å². The molecular formula is C18H18ClNO2S. The van der Waals surface area contributed by atoms with E-state index in [1.165, 1.54) is 3.97 Å². The van der Waals surface area contributed by atoms with Crippen LogP contribution in [0, 0.1) is 5.92 Å². The molecule has 0 unspecified atom stereocenters. The molecule has 5 heteroatoms. The van der Waals surface area contributed by atoms with Gasteiger partial charge in [-0.25, -0.2) is 12.4 Å². The molecule has 0 atom stereocenters. The molecule has 0 aliphatic heterocycles. The number of fused-ring (bicyclic) bond motifs is 1. The summed E-state index contributed by atoms with van der Waals surface area (Å²) in [4.78, 5) is 0.244. The summed E-state index contributed by atoms with van der Waals surface area (Å²) in [6, 6.07) is 15.8. The molecule has 0 aliphatic rings. The molecule has 2 aromatic carbocycles. The zero-order valence-corrected chi connectivity index (χ0v) is 14.6. The zero-order chi connectivity index (χ0) is 16.6. The van der Waals surface area contributed by atoms with Crippen LogP contribution in [0.4, 0.5) is 0 Å². The van der Waals surface area contributed by atoms with Crippen molar-refractivity contribution in [1.29, 1.82) is 0 Å². The van der Waals surface area contributed by atoms with Crippen LogP contribution in [0.1, 0.15) is 19.5 Å². The van der Waals surface area contributed by atoms with Gasteiger partial charge in [0.1, 0.15) is 0 Å². The number of nitrogens with zero attached hydrogens (tertiary/aromatic N) is 1. The topological polar surface area (TPSA) is 39.1 Å². The average Bonchev–Trinajstić information content (AvgIpc) is 2.85. The third kappa shape index (κ3) is 3.01. The van der Waals surface area contributed by atoms with Crippen LogP contribution in [0.3, 0.4) is 0 Å². The van der Waals surface area contributed by atoms with Gasteiger partial charge in [-0.2, -0.15) is 0 Å². The molecular weight excluding hydrogens is 330 g/mol. The maximum Gasteiger partial charge on any atom is 0.268 e. The molecule has 0 amide bonds. The van der Waals surface area contributed by atoms with Crippen LogP contribution in [0.5, 0.6) is 0 Å². The van der Waals surface area contributed by atoms with Gasteiger partial charge in [0.2, 0.25) is 0 Å². The Morgan fingerprint density at radius 2 is 1.70 bits per heavy atom. The molecule has 1 aromatic heterocycles. The highest BCUT2D eigenvalue weighted by Crippen LogP contribution is 2.27. The summed E-state index contributed by atoms with van der Waals surface area (Å²) in [5, 5.41) is 1.45. The molecule has 0 bridgehead atoms. The molecule has 23 heavy (non-hydrogen) atoms. The van der Waals surface area contributed by atoms with Crippen molar-refractivity contribution < 1.29 is 8.42 Å². The van der Waals surface area contributed by atoms with Crippen LogP contribution in [-0.4, -0.2) is 12.4 Å². The number of hydrogen-bond donors (Lipinski definition) is 0. The van der Waals surface area contributed by atoms with Crippen molar-refractivity contribution in [1.82, 2.24) is 3.97 Å². The van der Waals surface area contributed by atoms with E-state index < -0.39 is 10.0 Å². The Bertz CT molecular complexity index is 941. The van der Waals surface area contributed by atoms with Crippen LogP contribution in [0.25, 0.3) is 10.9 Å². The van der Waals surface area contributed by atoms with Gasteiger partial charge in [0.05, 0.1) is 10.4 Å². The lowest BCUT2D eigenvalue weighted by Gasteiger charge is -2.13. The molecule has 0 radical (unpaired) electrons. The van der Waals surface area contributed by atoms with Crippen molar-refractivity contribution in [3.05, 3.63) is 65.3 Å². The molecule has 120 valence electrons. The third-order valence-corrected chi connectivity index (χ3v) is 5.74. The van der Waals surface area contributed by atoms with E-state index in [2.05, 4.69) is 13.8 Å². The molecule has 3 nitrogen and oxygen atoms in total. The van der Waals surface area contributed by atoms with E-state index in [0.29, 0.717) is 22.9 Å². The standard InChI is InChI=1S/C18H18ClNO2S/c1-13(2)11-16-12-14-5-3-4-6-18(14)20(16)23(21,22)17-9-7-15(19)8-10-17/h3-10,12-13H,11H2,1-2H3. The normalized spacial score (nSPS) is 12.2. The van der Waals surface area contributed by atoms with E-state index in [9.17, 15) is 8.42 Å². The fourth-order valence-electron chi connectivity index (χ4n) is 2.74. The summed E-state index contributed by atoms with van der Waals surface area (Å²) in [6.45, 7) is 4.16. The molecule has 0 saturated heterocycles. The van der Waals surface area contributed by atoms with Crippen molar-refractivity contribution in [3.63, 3.8) is 0 Å². The first kappa shape index (κ1) is 16.1. The Balaban J connectivity index is 2.26. The van der Waals surface area contributed by atoms with Crippen molar-refractivity contribution >= 4 is 32.5 Å². The van der Waals surface area contributed by atoms with E-state index in [0.717, 1.165) is 11.1 Å². The lowest BCUT2D eigenvalue weighted by Crippen LogP contribution is -2.16. The van der Waals surface area contributed by atoms with Crippen LogP contribution in [-0.2, 0) is 16.4 Å². The van der Waals surface area contributed by atoms with E-state index in [1.54, 1.807) is 24.3 Å². The molecule has 0 N–H and O–H groups in total. The number of hydrogen-bond acceptors (Lipinski definition) is 2. The number of benzene rings is 2. The Morgan fingerprint density at radius 3 is 2.35 bits per heavy atom. The Labute approximate surface area is 141 Å². The summed E-state index contributed by atoms with van der Waals surface area (Å²) in [7, 11) is -3.66. The van der Waals surface area contributed by atoms with Gasteiger partial charge in [-0.15, -0.1) is 0 Å². The zero-order valence-electron chi connectivity index (χ0n) is 13.0. The Morgan fingerprint density at radius 1 is 1.04 bits per heavy atom. The average molecular weight is 348 g/mol. The first-order valence-corrected chi connectivity index (χ1v) is 9.32. The monoisotopic (exact) mass is 347 g/mol. The second-order valence-corrected chi connectivity index (χ2v) is 8.24. The van der Waals surface area contributed by atoms with E-state index in [1.807, 2.05) is 30.3 Å². The Hall–Kier alpha value is -1.78. The minimum absolute atomic E-state index is 0.244. The molecule has 3 rings (SSSR count). The third-order valence-electron chi connectivity index (χ3n) is 3.71. The number of aromatic nitrogens is 1. The smallest absolute Gasteiger partial charge is 0.238 e. The quantitative estimate of drug-likeness (QED) is 0.684. The highest BCUT2D eigenvalue weighted by molar-refractivity contribution is 7.90. The SMILES string of the molecule is CC(C)Cc1cc2ccccc2n1S(=O)(=O)c1ccc(Cl)cc1. The summed E-state index contributed by atoms with van der Waals surface area (Å²) < 4.78 is 27.7. The molecule has 3 aromatic rings. The lowest BCUT2D eigenvalue weighted by molar-refractivity contribution is 0.580. The van der Waals surface area contributed by atoms with Crippen LogP contribution < -0.4 is 0 Å². The van der Waals surface area contributed by atoms with Gasteiger partial charge in [0.25, 0.3) is 10.0 Å². The predicted molar refractivity (Wildman–Crippen MR) is 94.5 cm³/mol. The van der Waals surface area contributed by atoms with Crippen molar-refractivity contribution in [2.75, 3.05) is 0 Å². The molecule has 1 heterocycles. The number of halogens is 1. The minimum atomic E-state index is -3.66. The summed E-state index contributed by atoms with van der Waals surface area (Å²) in [5.41, 5.74) is 1.51. The summed E-state index contributed by atoms with van der Waals surface area (Å²) in [6.07, 6.45) is 0.696. The molecule has 0 spiro atoms. The lowest BCUT2D eigenvalue weighted by atomic mass is 10.1. The van der Waals surface area contributed by atoms with E-state index in [4.69, 9.17) is 11.6 Å².